The summed E-state index contributed by atoms with van der Waals surface area (Å²) in [6.45, 7) is 9.00. The van der Waals surface area contributed by atoms with E-state index in [1.807, 2.05) is 23.7 Å². The van der Waals surface area contributed by atoms with Crippen molar-refractivity contribution in [2.75, 3.05) is 50.7 Å². The lowest BCUT2D eigenvalue weighted by molar-refractivity contribution is 0.260. The van der Waals surface area contributed by atoms with Crippen molar-refractivity contribution in [2.45, 2.75) is 13.5 Å². The number of halogens is 3. The molecule has 2 aromatic rings. The van der Waals surface area contributed by atoms with Gasteiger partial charge in [0, 0.05) is 70.9 Å². The van der Waals surface area contributed by atoms with Crippen LogP contribution in [-0.2, 0) is 13.6 Å². The van der Waals surface area contributed by atoms with Gasteiger partial charge in [-0.15, -0.1) is 24.0 Å². The van der Waals surface area contributed by atoms with Gasteiger partial charge in [-0.25, -0.2) is 15.0 Å². The number of hydrogen-bond donors (Lipinski definition) is 2. The summed E-state index contributed by atoms with van der Waals surface area (Å²) >= 11 is 12.2. The predicted octanol–water partition coefficient (Wildman–Crippen LogP) is 2.62. The first kappa shape index (κ1) is 25.0. The highest BCUT2D eigenvalue weighted by Crippen LogP contribution is 2.25. The standard InChI is InChI=1S/C19H28Cl2N8.HI/c1-3-22-18(26-14-15-13-16(20)17(21)27(15)2)23-7-8-28-9-11-29(12-10-28)19-24-5-4-6-25-19;/h4-6,13H,3,7-12,14H2,1-2H3,(H2,22,23,26);1H. The minimum atomic E-state index is 0. The summed E-state index contributed by atoms with van der Waals surface area (Å²) in [6.07, 6.45) is 3.58. The van der Waals surface area contributed by atoms with Crippen molar-refractivity contribution in [3.63, 3.8) is 0 Å². The Morgan fingerprint density at radius 2 is 1.83 bits per heavy atom. The fourth-order valence-corrected chi connectivity index (χ4v) is 3.62. The molecule has 2 N–H and O–H groups in total. The minimum absolute atomic E-state index is 0. The van der Waals surface area contributed by atoms with Gasteiger partial charge in [0.25, 0.3) is 0 Å². The van der Waals surface area contributed by atoms with E-state index in [1.54, 1.807) is 12.4 Å². The number of rotatable bonds is 7. The van der Waals surface area contributed by atoms with E-state index in [0.717, 1.165) is 63.4 Å². The number of anilines is 1. The van der Waals surface area contributed by atoms with Gasteiger partial charge in [-0.2, -0.15) is 0 Å². The smallest absolute Gasteiger partial charge is 0.225 e. The van der Waals surface area contributed by atoms with Crippen molar-refractivity contribution in [3.8, 4) is 0 Å². The third-order valence-electron chi connectivity index (χ3n) is 4.89. The summed E-state index contributed by atoms with van der Waals surface area (Å²) in [5.74, 6) is 1.60. The van der Waals surface area contributed by atoms with Crippen LogP contribution in [0.1, 0.15) is 12.6 Å². The highest BCUT2D eigenvalue weighted by atomic mass is 127. The Labute approximate surface area is 205 Å². The molecule has 166 valence electrons. The summed E-state index contributed by atoms with van der Waals surface area (Å²) < 4.78 is 1.85. The maximum absolute atomic E-state index is 6.13. The zero-order valence-electron chi connectivity index (χ0n) is 17.3. The highest BCUT2D eigenvalue weighted by Gasteiger charge is 2.18. The molecule has 0 radical (unpaired) electrons. The lowest BCUT2D eigenvalue weighted by atomic mass is 10.3. The zero-order valence-corrected chi connectivity index (χ0v) is 21.2. The van der Waals surface area contributed by atoms with Crippen LogP contribution in [0.15, 0.2) is 29.5 Å². The molecule has 0 atom stereocenters. The molecule has 0 aliphatic carbocycles. The largest absolute Gasteiger partial charge is 0.357 e. The van der Waals surface area contributed by atoms with Crippen LogP contribution in [0.3, 0.4) is 0 Å². The second-order valence-electron chi connectivity index (χ2n) is 6.83. The van der Waals surface area contributed by atoms with E-state index in [1.165, 1.54) is 0 Å². The quantitative estimate of drug-likeness (QED) is 0.305. The molecule has 1 saturated heterocycles. The summed E-state index contributed by atoms with van der Waals surface area (Å²) in [7, 11) is 1.89. The second kappa shape index (κ2) is 12.5. The summed E-state index contributed by atoms with van der Waals surface area (Å²) in [6, 6.07) is 3.70. The first-order valence-corrected chi connectivity index (χ1v) is 10.6. The number of hydrogen-bond acceptors (Lipinski definition) is 5. The van der Waals surface area contributed by atoms with Crippen LogP contribution in [0.2, 0.25) is 10.2 Å². The molecule has 0 aromatic carbocycles. The molecule has 11 heteroatoms. The molecule has 0 spiro atoms. The Morgan fingerprint density at radius 3 is 2.43 bits per heavy atom. The van der Waals surface area contributed by atoms with Gasteiger partial charge in [-0.3, -0.25) is 4.90 Å². The van der Waals surface area contributed by atoms with E-state index >= 15 is 0 Å². The van der Waals surface area contributed by atoms with Gasteiger partial charge in [0.15, 0.2) is 5.96 Å². The molecule has 0 unspecified atom stereocenters. The second-order valence-corrected chi connectivity index (χ2v) is 7.60. The molecule has 0 amide bonds. The number of aromatic nitrogens is 3. The molecule has 1 aliphatic heterocycles. The van der Waals surface area contributed by atoms with Gasteiger partial charge >= 0.3 is 0 Å². The van der Waals surface area contributed by atoms with Crippen LogP contribution in [0, 0.1) is 0 Å². The minimum Gasteiger partial charge on any atom is -0.357 e. The SMILES string of the molecule is CCNC(=NCc1cc(Cl)c(Cl)n1C)NCCN1CCN(c2ncccn2)CC1.I. The molecule has 0 saturated carbocycles. The lowest BCUT2D eigenvalue weighted by Gasteiger charge is -2.34. The fourth-order valence-electron chi connectivity index (χ4n) is 3.20. The van der Waals surface area contributed by atoms with Crippen molar-refractivity contribution < 1.29 is 0 Å². The average Bonchev–Trinajstić information content (AvgIpc) is 3.00. The van der Waals surface area contributed by atoms with Crippen LogP contribution < -0.4 is 15.5 Å². The van der Waals surface area contributed by atoms with Crippen LogP contribution in [0.25, 0.3) is 0 Å². The van der Waals surface area contributed by atoms with E-state index in [0.29, 0.717) is 16.7 Å². The Morgan fingerprint density at radius 1 is 1.13 bits per heavy atom. The van der Waals surface area contributed by atoms with Crippen molar-refractivity contribution in [1.29, 1.82) is 0 Å². The normalized spacial score (nSPS) is 15.1. The summed E-state index contributed by atoms with van der Waals surface area (Å²) in [5.41, 5.74) is 0.969. The number of guanidine groups is 1. The van der Waals surface area contributed by atoms with Crippen LogP contribution >= 0.6 is 47.2 Å². The first-order chi connectivity index (χ1) is 14.1. The van der Waals surface area contributed by atoms with E-state index in [4.69, 9.17) is 23.2 Å². The fraction of sp³-hybridized carbons (Fsp3) is 0.526. The predicted molar refractivity (Wildman–Crippen MR) is 134 cm³/mol. The highest BCUT2D eigenvalue weighted by molar-refractivity contribution is 14.0. The average molecular weight is 567 g/mol. The third-order valence-corrected chi connectivity index (χ3v) is 5.73. The molecular weight excluding hydrogens is 538 g/mol. The van der Waals surface area contributed by atoms with Crippen molar-refractivity contribution in [1.82, 2.24) is 30.1 Å². The lowest BCUT2D eigenvalue weighted by Crippen LogP contribution is -2.49. The zero-order chi connectivity index (χ0) is 20.6. The molecule has 1 aliphatic rings. The Bertz CT molecular complexity index is 806. The molecule has 1 fully saturated rings. The molecule has 3 heterocycles. The summed E-state index contributed by atoms with van der Waals surface area (Å²) in [5, 5.41) is 7.78. The van der Waals surface area contributed by atoms with E-state index < -0.39 is 0 Å². The molecular formula is C19H29Cl2IN8. The maximum atomic E-state index is 6.13. The molecule has 8 nitrogen and oxygen atoms in total. The maximum Gasteiger partial charge on any atom is 0.225 e. The Balaban J connectivity index is 0.00000320. The van der Waals surface area contributed by atoms with Gasteiger partial charge in [-0.05, 0) is 19.1 Å². The van der Waals surface area contributed by atoms with Crippen molar-refractivity contribution in [3.05, 3.63) is 40.4 Å². The van der Waals surface area contributed by atoms with Crippen LogP contribution in [0.5, 0.6) is 0 Å². The van der Waals surface area contributed by atoms with Crippen molar-refractivity contribution >= 4 is 59.1 Å². The number of piperazine rings is 1. The van der Waals surface area contributed by atoms with Gasteiger partial charge < -0.3 is 20.1 Å². The number of nitrogens with zero attached hydrogens (tertiary/aromatic N) is 6. The molecule has 30 heavy (non-hydrogen) atoms. The van der Waals surface area contributed by atoms with Crippen molar-refractivity contribution in [2.24, 2.45) is 12.0 Å². The van der Waals surface area contributed by atoms with E-state index in [9.17, 15) is 0 Å². The van der Waals surface area contributed by atoms with Crippen LogP contribution in [-0.4, -0.2) is 71.2 Å². The van der Waals surface area contributed by atoms with E-state index in [-0.39, 0.29) is 24.0 Å². The molecule has 2 aromatic heterocycles. The van der Waals surface area contributed by atoms with Crippen LogP contribution in [0.4, 0.5) is 5.95 Å². The monoisotopic (exact) mass is 566 g/mol. The molecule has 0 bridgehead atoms. The van der Waals surface area contributed by atoms with Gasteiger partial charge in [0.2, 0.25) is 5.95 Å². The number of nitrogens with one attached hydrogen (secondary N) is 2. The Kier molecular flexibility index (Phi) is 10.4. The van der Waals surface area contributed by atoms with Gasteiger partial charge in [-0.1, -0.05) is 23.2 Å². The first-order valence-electron chi connectivity index (χ1n) is 9.84. The van der Waals surface area contributed by atoms with Gasteiger partial charge in [0.05, 0.1) is 11.6 Å². The number of aliphatic imine (C=N–C) groups is 1. The van der Waals surface area contributed by atoms with Gasteiger partial charge in [0.1, 0.15) is 5.15 Å². The topological polar surface area (TPSA) is 73.6 Å². The molecule has 3 rings (SSSR count). The summed E-state index contributed by atoms with van der Waals surface area (Å²) in [4.78, 5) is 18.0. The Hall–Kier alpha value is -1.30. The third kappa shape index (κ3) is 6.86. The van der Waals surface area contributed by atoms with E-state index in [2.05, 4.69) is 42.3 Å².